The first kappa shape index (κ1) is 15.0. The van der Waals surface area contributed by atoms with Crippen LogP contribution in [-0.2, 0) is 11.3 Å². The average Bonchev–Trinajstić information content (AvgIpc) is 2.75. The molecule has 0 amide bonds. The Balaban J connectivity index is 2.24. The van der Waals surface area contributed by atoms with Gasteiger partial charge in [-0.2, -0.15) is 0 Å². The van der Waals surface area contributed by atoms with Crippen molar-refractivity contribution in [2.75, 3.05) is 6.61 Å². The molecule has 0 radical (unpaired) electrons. The van der Waals surface area contributed by atoms with E-state index in [1.54, 1.807) is 18.5 Å². The Morgan fingerprint density at radius 1 is 1.50 bits per heavy atom. The topological polar surface area (TPSA) is 57.0 Å². The Hall–Kier alpha value is -1.40. The molecule has 106 valence electrons. The van der Waals surface area contributed by atoms with Crippen LogP contribution in [0.15, 0.2) is 22.7 Å². The first-order valence-corrected chi connectivity index (χ1v) is 7.21. The second kappa shape index (κ2) is 6.37. The predicted octanol–water partition coefficient (Wildman–Crippen LogP) is 3.23. The third kappa shape index (κ3) is 3.19. The van der Waals surface area contributed by atoms with Gasteiger partial charge in [-0.25, -0.2) is 9.48 Å². The summed E-state index contributed by atoms with van der Waals surface area (Å²) in [7, 11) is 0. The molecule has 1 heterocycles. The number of nitrogens with zero attached hydrogens (tertiary/aromatic N) is 3. The second-order valence-electron chi connectivity index (χ2n) is 4.14. The average molecular weight is 359 g/mol. The summed E-state index contributed by atoms with van der Waals surface area (Å²) in [5.74, 6) is -0.460. The lowest BCUT2D eigenvalue weighted by molar-refractivity contribution is 0.0518. The Labute approximate surface area is 130 Å². The molecule has 1 aromatic carbocycles. The number of benzene rings is 1. The summed E-state index contributed by atoms with van der Waals surface area (Å²) in [6, 6.07) is 5.62. The minimum absolute atomic E-state index is 0.236. The van der Waals surface area contributed by atoms with Crippen LogP contribution in [0.3, 0.4) is 0 Å². The van der Waals surface area contributed by atoms with Crippen molar-refractivity contribution in [1.82, 2.24) is 15.0 Å². The summed E-state index contributed by atoms with van der Waals surface area (Å²) in [6.07, 6.45) is 0. The molecule has 20 heavy (non-hydrogen) atoms. The molecular formula is C13H13BrClN3O2. The molecule has 5 nitrogen and oxygen atoms in total. The minimum Gasteiger partial charge on any atom is -0.461 e. The van der Waals surface area contributed by atoms with E-state index in [4.69, 9.17) is 16.3 Å². The molecule has 2 rings (SSSR count). The van der Waals surface area contributed by atoms with Crippen LogP contribution in [-0.4, -0.2) is 27.6 Å². The van der Waals surface area contributed by atoms with Gasteiger partial charge >= 0.3 is 5.97 Å². The highest BCUT2D eigenvalue weighted by molar-refractivity contribution is 9.10. The van der Waals surface area contributed by atoms with Crippen molar-refractivity contribution in [2.45, 2.75) is 20.4 Å². The molecule has 0 saturated carbocycles. The molecule has 0 bridgehead atoms. The van der Waals surface area contributed by atoms with Gasteiger partial charge in [0, 0.05) is 9.50 Å². The fraction of sp³-hybridized carbons (Fsp3) is 0.308. The van der Waals surface area contributed by atoms with Gasteiger partial charge in [0.2, 0.25) is 0 Å². The number of esters is 1. The van der Waals surface area contributed by atoms with Crippen LogP contribution in [0.1, 0.15) is 28.7 Å². The zero-order valence-corrected chi connectivity index (χ0v) is 13.4. The van der Waals surface area contributed by atoms with Gasteiger partial charge in [0.25, 0.3) is 0 Å². The maximum atomic E-state index is 11.7. The fourth-order valence-electron chi connectivity index (χ4n) is 1.71. The molecule has 1 aromatic heterocycles. The van der Waals surface area contributed by atoms with Crippen molar-refractivity contribution in [1.29, 1.82) is 0 Å². The summed E-state index contributed by atoms with van der Waals surface area (Å²) in [4.78, 5) is 11.7. The van der Waals surface area contributed by atoms with E-state index >= 15 is 0 Å². The van der Waals surface area contributed by atoms with Crippen molar-refractivity contribution >= 4 is 33.5 Å². The Morgan fingerprint density at radius 2 is 2.25 bits per heavy atom. The van der Waals surface area contributed by atoms with Gasteiger partial charge in [-0.1, -0.05) is 38.8 Å². The maximum absolute atomic E-state index is 11.7. The van der Waals surface area contributed by atoms with Crippen LogP contribution in [0.2, 0.25) is 5.02 Å². The van der Waals surface area contributed by atoms with Gasteiger partial charge < -0.3 is 4.74 Å². The number of hydrogen-bond donors (Lipinski definition) is 0. The highest BCUT2D eigenvalue weighted by Crippen LogP contribution is 2.22. The Bertz CT molecular complexity index is 643. The lowest BCUT2D eigenvalue weighted by Gasteiger charge is -2.06. The molecule has 0 aliphatic carbocycles. The summed E-state index contributed by atoms with van der Waals surface area (Å²) in [6.45, 7) is 4.28. The van der Waals surface area contributed by atoms with Gasteiger partial charge in [0.15, 0.2) is 5.69 Å². The van der Waals surface area contributed by atoms with Crippen LogP contribution in [0.5, 0.6) is 0 Å². The Morgan fingerprint density at radius 3 is 2.90 bits per heavy atom. The zero-order valence-electron chi connectivity index (χ0n) is 11.1. The maximum Gasteiger partial charge on any atom is 0.360 e. The highest BCUT2D eigenvalue weighted by Gasteiger charge is 2.17. The summed E-state index contributed by atoms with van der Waals surface area (Å²) in [5, 5.41) is 8.47. The SMILES string of the molecule is CCOC(=O)c1nnn(Cc2ccc(Br)cc2Cl)c1C. The first-order chi connectivity index (χ1) is 9.52. The van der Waals surface area contributed by atoms with Crippen LogP contribution < -0.4 is 0 Å². The third-order valence-electron chi connectivity index (χ3n) is 2.79. The van der Waals surface area contributed by atoms with Gasteiger partial charge in [-0.05, 0) is 31.5 Å². The molecule has 0 spiro atoms. The standard InChI is InChI=1S/C13H13BrClN3O2/c1-3-20-13(19)12-8(2)18(17-16-12)7-9-4-5-10(14)6-11(9)15/h4-6H,3,7H2,1-2H3. The molecule has 0 saturated heterocycles. The third-order valence-corrected chi connectivity index (χ3v) is 3.63. The molecule has 0 aliphatic heterocycles. The molecule has 0 N–H and O–H groups in total. The van der Waals surface area contributed by atoms with Crippen molar-refractivity contribution in [3.63, 3.8) is 0 Å². The van der Waals surface area contributed by atoms with E-state index in [0.29, 0.717) is 23.9 Å². The van der Waals surface area contributed by atoms with Crippen LogP contribution in [0.25, 0.3) is 0 Å². The Kier molecular flexibility index (Phi) is 4.77. The molecule has 0 atom stereocenters. The van der Waals surface area contributed by atoms with Crippen molar-refractivity contribution in [3.8, 4) is 0 Å². The van der Waals surface area contributed by atoms with E-state index < -0.39 is 5.97 Å². The van der Waals surface area contributed by atoms with Gasteiger partial charge in [-0.15, -0.1) is 5.10 Å². The van der Waals surface area contributed by atoms with E-state index in [9.17, 15) is 4.79 Å². The first-order valence-electron chi connectivity index (χ1n) is 6.04. The van der Waals surface area contributed by atoms with Crippen molar-refractivity contribution < 1.29 is 9.53 Å². The van der Waals surface area contributed by atoms with Crippen LogP contribution >= 0.6 is 27.5 Å². The fourth-order valence-corrected chi connectivity index (χ4v) is 2.44. The zero-order chi connectivity index (χ0) is 14.7. The van der Waals surface area contributed by atoms with Crippen LogP contribution in [0.4, 0.5) is 0 Å². The lowest BCUT2D eigenvalue weighted by Crippen LogP contribution is -2.09. The van der Waals surface area contributed by atoms with E-state index in [1.807, 2.05) is 18.2 Å². The molecule has 2 aromatic rings. The van der Waals surface area contributed by atoms with Gasteiger partial charge in [-0.3, -0.25) is 0 Å². The second-order valence-corrected chi connectivity index (χ2v) is 5.46. The van der Waals surface area contributed by atoms with Gasteiger partial charge in [0.05, 0.1) is 18.8 Å². The molecule has 7 heteroatoms. The molecule has 0 aliphatic rings. The number of halogens is 2. The quantitative estimate of drug-likeness (QED) is 0.787. The van der Waals surface area contributed by atoms with Gasteiger partial charge in [0.1, 0.15) is 0 Å². The number of hydrogen-bond acceptors (Lipinski definition) is 4. The van der Waals surface area contributed by atoms with E-state index in [2.05, 4.69) is 26.2 Å². The van der Waals surface area contributed by atoms with Crippen LogP contribution in [0, 0.1) is 6.92 Å². The number of aromatic nitrogens is 3. The van der Waals surface area contributed by atoms with Crippen molar-refractivity contribution in [3.05, 3.63) is 44.6 Å². The smallest absolute Gasteiger partial charge is 0.360 e. The largest absolute Gasteiger partial charge is 0.461 e. The van der Waals surface area contributed by atoms with Crippen molar-refractivity contribution in [2.24, 2.45) is 0 Å². The summed E-state index contributed by atoms with van der Waals surface area (Å²) >= 11 is 9.52. The monoisotopic (exact) mass is 357 g/mol. The highest BCUT2D eigenvalue weighted by atomic mass is 79.9. The lowest BCUT2D eigenvalue weighted by atomic mass is 10.2. The predicted molar refractivity (Wildman–Crippen MR) is 79.0 cm³/mol. The minimum atomic E-state index is -0.460. The van der Waals surface area contributed by atoms with E-state index in [0.717, 1.165) is 10.0 Å². The van der Waals surface area contributed by atoms with E-state index in [1.165, 1.54) is 0 Å². The summed E-state index contributed by atoms with van der Waals surface area (Å²) < 4.78 is 7.46. The number of rotatable bonds is 4. The van der Waals surface area contributed by atoms with E-state index in [-0.39, 0.29) is 5.69 Å². The molecule has 0 fully saturated rings. The normalized spacial score (nSPS) is 10.6. The summed E-state index contributed by atoms with van der Waals surface area (Å²) in [5.41, 5.74) is 1.79. The number of carbonyl (C=O) groups is 1. The molecule has 0 unspecified atom stereocenters. The number of ether oxygens (including phenoxy) is 1. The number of carbonyl (C=O) groups excluding carboxylic acids is 1. The molecular weight excluding hydrogens is 346 g/mol.